The molecule has 1 aliphatic rings. The lowest BCUT2D eigenvalue weighted by atomic mass is 10.0. The fraction of sp³-hybridized carbons (Fsp3) is 0.200. The van der Waals surface area contributed by atoms with Crippen LogP contribution in [0.15, 0.2) is 48.2 Å². The molecule has 0 unspecified atom stereocenters. The molecule has 0 amide bonds. The summed E-state index contributed by atoms with van der Waals surface area (Å²) in [6.45, 7) is 9.03. The van der Waals surface area contributed by atoms with Gasteiger partial charge in [0.15, 0.2) is 0 Å². The highest BCUT2D eigenvalue weighted by Gasteiger charge is 2.19. The molecule has 0 spiro atoms. The van der Waals surface area contributed by atoms with Crippen molar-refractivity contribution in [2.75, 3.05) is 6.54 Å². The highest BCUT2D eigenvalue weighted by molar-refractivity contribution is 6.32. The Hall–Kier alpha value is -1.67. The van der Waals surface area contributed by atoms with E-state index in [-0.39, 0.29) is 5.75 Å². The molecule has 0 saturated heterocycles. The minimum absolute atomic E-state index is 0.175. The van der Waals surface area contributed by atoms with Crippen LogP contribution in [0.25, 0.3) is 5.70 Å². The molecule has 1 aliphatic heterocycles. The highest BCUT2D eigenvalue weighted by Crippen LogP contribution is 2.34. The van der Waals surface area contributed by atoms with Gasteiger partial charge in [0.05, 0.1) is 5.02 Å². The zero-order valence-electron chi connectivity index (χ0n) is 10.6. The van der Waals surface area contributed by atoms with Crippen LogP contribution in [-0.4, -0.2) is 16.6 Å². The van der Waals surface area contributed by atoms with Gasteiger partial charge in [0.1, 0.15) is 5.75 Å². The van der Waals surface area contributed by atoms with Crippen LogP contribution in [0, 0.1) is 0 Å². The van der Waals surface area contributed by atoms with Crippen molar-refractivity contribution in [3.05, 3.63) is 58.8 Å². The maximum absolute atomic E-state index is 9.41. The van der Waals surface area contributed by atoms with E-state index in [1.165, 1.54) is 0 Å². The molecule has 0 aliphatic carbocycles. The number of hydrogen-bond acceptors (Lipinski definition) is 2. The van der Waals surface area contributed by atoms with Gasteiger partial charge in [0.2, 0.25) is 0 Å². The second-order valence-corrected chi connectivity index (χ2v) is 4.66. The summed E-state index contributed by atoms with van der Waals surface area (Å²) in [4.78, 5) is 2.12. The molecule has 1 aromatic rings. The number of nitrogens with zero attached hydrogens (tertiary/aromatic N) is 1. The predicted molar refractivity (Wildman–Crippen MR) is 76.4 cm³/mol. The van der Waals surface area contributed by atoms with Crippen molar-refractivity contribution in [2.24, 2.45) is 0 Å². The normalized spacial score (nSPS) is 15.5. The number of aromatic hydroxyl groups is 1. The number of rotatable bonds is 2. The number of halogens is 1. The van der Waals surface area contributed by atoms with E-state index in [4.69, 9.17) is 11.6 Å². The number of likely N-dealkylation sites (N-methyl/N-ethyl adjacent to an activating group) is 1. The fourth-order valence-electron chi connectivity index (χ4n) is 2.06. The van der Waals surface area contributed by atoms with Gasteiger partial charge < -0.3 is 10.0 Å². The zero-order chi connectivity index (χ0) is 13.3. The van der Waals surface area contributed by atoms with Gasteiger partial charge in [-0.3, -0.25) is 0 Å². The number of phenols is 1. The lowest BCUT2D eigenvalue weighted by Crippen LogP contribution is -2.23. The molecule has 0 radical (unpaired) electrons. The molecular weight excluding hydrogens is 246 g/mol. The average Bonchev–Trinajstić information content (AvgIpc) is 2.33. The topological polar surface area (TPSA) is 23.5 Å². The Morgan fingerprint density at radius 1 is 1.33 bits per heavy atom. The Labute approximate surface area is 112 Å². The third kappa shape index (κ3) is 2.16. The monoisotopic (exact) mass is 261 g/mol. The standard InChI is InChI=1S/C15H16ClNO/c1-4-17-11(3)10(2)5-8-15(17)13-7-6-12(18)9-14(13)16/h5-9,18H,3-4H2,1-2H3. The molecule has 0 fully saturated rings. The first-order valence-electron chi connectivity index (χ1n) is 5.89. The third-order valence-electron chi connectivity index (χ3n) is 3.11. The van der Waals surface area contributed by atoms with Crippen LogP contribution in [0.3, 0.4) is 0 Å². The first-order chi connectivity index (χ1) is 8.54. The molecule has 0 bridgehead atoms. The SMILES string of the molecule is C=C1C(C)=CC=C(c2ccc(O)cc2Cl)N1CC. The van der Waals surface area contributed by atoms with Crippen molar-refractivity contribution in [3.8, 4) is 5.75 Å². The maximum atomic E-state index is 9.41. The van der Waals surface area contributed by atoms with Gasteiger partial charge in [-0.25, -0.2) is 0 Å². The summed E-state index contributed by atoms with van der Waals surface area (Å²) < 4.78 is 0. The summed E-state index contributed by atoms with van der Waals surface area (Å²) >= 11 is 6.19. The number of allylic oxidation sites excluding steroid dienone is 3. The molecule has 0 atom stereocenters. The fourth-order valence-corrected chi connectivity index (χ4v) is 2.33. The number of benzene rings is 1. The summed E-state index contributed by atoms with van der Waals surface area (Å²) in [7, 11) is 0. The molecule has 1 N–H and O–H groups in total. The Bertz CT molecular complexity index is 558. The second kappa shape index (κ2) is 4.91. The minimum atomic E-state index is 0.175. The van der Waals surface area contributed by atoms with Crippen molar-refractivity contribution in [1.82, 2.24) is 4.90 Å². The summed E-state index contributed by atoms with van der Waals surface area (Å²) in [5, 5.41) is 9.95. The summed E-state index contributed by atoms with van der Waals surface area (Å²) in [6.07, 6.45) is 4.07. The molecule has 0 aromatic heterocycles. The van der Waals surface area contributed by atoms with Crippen molar-refractivity contribution < 1.29 is 5.11 Å². The van der Waals surface area contributed by atoms with Crippen molar-refractivity contribution in [3.63, 3.8) is 0 Å². The van der Waals surface area contributed by atoms with Gasteiger partial charge in [0.25, 0.3) is 0 Å². The molecule has 2 nitrogen and oxygen atoms in total. The molecule has 2 rings (SSSR count). The lowest BCUT2D eigenvalue weighted by molar-refractivity contribution is 0.475. The van der Waals surface area contributed by atoms with E-state index in [1.54, 1.807) is 12.1 Å². The van der Waals surface area contributed by atoms with E-state index in [2.05, 4.69) is 18.4 Å². The number of hydrogen-bond donors (Lipinski definition) is 1. The van der Waals surface area contributed by atoms with Crippen molar-refractivity contribution in [1.29, 1.82) is 0 Å². The Balaban J connectivity index is 2.52. The smallest absolute Gasteiger partial charge is 0.117 e. The molecule has 3 heteroatoms. The van der Waals surface area contributed by atoms with E-state index in [9.17, 15) is 5.11 Å². The predicted octanol–water partition coefficient (Wildman–Crippen LogP) is 4.18. The van der Waals surface area contributed by atoms with Gasteiger partial charge in [-0.1, -0.05) is 24.3 Å². The van der Waals surface area contributed by atoms with Crippen molar-refractivity contribution in [2.45, 2.75) is 13.8 Å². The van der Waals surface area contributed by atoms with Crippen LogP contribution in [-0.2, 0) is 0 Å². The van der Waals surface area contributed by atoms with E-state index >= 15 is 0 Å². The Kier molecular flexibility index (Phi) is 3.48. The Morgan fingerprint density at radius 2 is 2.06 bits per heavy atom. The summed E-state index contributed by atoms with van der Waals surface area (Å²) in [5.41, 5.74) is 4.05. The van der Waals surface area contributed by atoms with E-state index in [0.29, 0.717) is 5.02 Å². The van der Waals surface area contributed by atoms with Gasteiger partial charge in [-0.2, -0.15) is 0 Å². The minimum Gasteiger partial charge on any atom is -0.508 e. The molecule has 0 saturated carbocycles. The van der Waals surface area contributed by atoms with Crippen LogP contribution in [0.4, 0.5) is 0 Å². The molecule has 1 heterocycles. The molecular formula is C15H16ClNO. The molecule has 18 heavy (non-hydrogen) atoms. The van der Waals surface area contributed by atoms with Gasteiger partial charge in [-0.05, 0) is 43.7 Å². The van der Waals surface area contributed by atoms with E-state index < -0.39 is 0 Å². The van der Waals surface area contributed by atoms with E-state index in [1.807, 2.05) is 25.1 Å². The zero-order valence-corrected chi connectivity index (χ0v) is 11.3. The average molecular weight is 262 g/mol. The van der Waals surface area contributed by atoms with Gasteiger partial charge in [0, 0.05) is 23.5 Å². The first-order valence-corrected chi connectivity index (χ1v) is 6.26. The Morgan fingerprint density at radius 3 is 2.67 bits per heavy atom. The second-order valence-electron chi connectivity index (χ2n) is 4.26. The summed E-state index contributed by atoms with van der Waals surface area (Å²) in [6, 6.07) is 5.03. The van der Waals surface area contributed by atoms with Crippen LogP contribution in [0.1, 0.15) is 19.4 Å². The largest absolute Gasteiger partial charge is 0.508 e. The molecule has 94 valence electrons. The van der Waals surface area contributed by atoms with Crippen LogP contribution in [0.2, 0.25) is 5.02 Å². The van der Waals surface area contributed by atoms with Gasteiger partial charge in [-0.15, -0.1) is 0 Å². The molecule has 1 aromatic carbocycles. The van der Waals surface area contributed by atoms with Gasteiger partial charge >= 0.3 is 0 Å². The maximum Gasteiger partial charge on any atom is 0.117 e. The van der Waals surface area contributed by atoms with Crippen LogP contribution < -0.4 is 0 Å². The van der Waals surface area contributed by atoms with Crippen LogP contribution >= 0.6 is 11.6 Å². The first kappa shape index (κ1) is 12.8. The lowest BCUT2D eigenvalue weighted by Gasteiger charge is -2.31. The van der Waals surface area contributed by atoms with Crippen LogP contribution in [0.5, 0.6) is 5.75 Å². The van der Waals surface area contributed by atoms with E-state index in [0.717, 1.165) is 29.1 Å². The number of phenolic OH excluding ortho intramolecular Hbond substituents is 1. The highest BCUT2D eigenvalue weighted by atomic mass is 35.5. The van der Waals surface area contributed by atoms with Crippen molar-refractivity contribution >= 4 is 17.3 Å². The summed E-state index contributed by atoms with van der Waals surface area (Å²) in [5.74, 6) is 0.175. The quantitative estimate of drug-likeness (QED) is 0.863. The third-order valence-corrected chi connectivity index (χ3v) is 3.42.